The Morgan fingerprint density at radius 2 is 1.85 bits per heavy atom. The Hall–Kier alpha value is -1.69. The van der Waals surface area contributed by atoms with Gasteiger partial charge in [0, 0.05) is 38.9 Å². The summed E-state index contributed by atoms with van der Waals surface area (Å²) in [4.78, 5) is 24.7. The molecule has 6 heteroatoms. The molecule has 5 nitrogen and oxygen atoms in total. The molecule has 0 fully saturated rings. The van der Waals surface area contributed by atoms with Gasteiger partial charge in [0.25, 0.3) is 0 Å². The van der Waals surface area contributed by atoms with Gasteiger partial charge in [-0.25, -0.2) is 4.79 Å². The highest BCUT2D eigenvalue weighted by molar-refractivity contribution is 7.80. The maximum absolute atomic E-state index is 11.8. The Morgan fingerprint density at radius 3 is 2.50 bits per heavy atom. The molecule has 3 amide bonds. The van der Waals surface area contributed by atoms with E-state index in [1.807, 2.05) is 30.3 Å². The van der Waals surface area contributed by atoms with Crippen LogP contribution in [0.5, 0.6) is 0 Å². The first-order valence-electron chi connectivity index (χ1n) is 6.54. The molecule has 0 aliphatic heterocycles. The van der Waals surface area contributed by atoms with Crippen LogP contribution in [0.2, 0.25) is 0 Å². The van der Waals surface area contributed by atoms with Crippen LogP contribution >= 0.6 is 12.6 Å². The third-order valence-electron chi connectivity index (χ3n) is 2.67. The lowest BCUT2D eigenvalue weighted by atomic mass is 10.2. The van der Waals surface area contributed by atoms with Gasteiger partial charge in [0.2, 0.25) is 5.91 Å². The lowest BCUT2D eigenvalue weighted by molar-refractivity contribution is -0.120. The summed E-state index contributed by atoms with van der Waals surface area (Å²) in [6.45, 7) is 1.42. The zero-order chi connectivity index (χ0) is 14.8. The monoisotopic (exact) mass is 295 g/mol. The maximum Gasteiger partial charge on any atom is 0.317 e. The Labute approximate surface area is 125 Å². The van der Waals surface area contributed by atoms with Crippen LogP contribution in [0, 0.1) is 0 Å². The zero-order valence-electron chi connectivity index (χ0n) is 11.6. The Bertz CT molecular complexity index is 426. The molecule has 1 rings (SSSR count). The summed E-state index contributed by atoms with van der Waals surface area (Å²) in [7, 11) is 1.73. The van der Waals surface area contributed by atoms with Crippen LogP contribution < -0.4 is 10.6 Å². The second kappa shape index (κ2) is 9.25. The van der Waals surface area contributed by atoms with Gasteiger partial charge in [-0.15, -0.1) is 0 Å². The number of amides is 3. The number of thiol groups is 1. The minimum atomic E-state index is -0.184. The first-order valence-corrected chi connectivity index (χ1v) is 7.17. The molecule has 0 aromatic heterocycles. The predicted molar refractivity (Wildman–Crippen MR) is 82.8 cm³/mol. The number of nitrogens with one attached hydrogen (secondary N) is 2. The van der Waals surface area contributed by atoms with Crippen LogP contribution in [0.15, 0.2) is 30.3 Å². The predicted octanol–water partition coefficient (Wildman–Crippen LogP) is 1.26. The van der Waals surface area contributed by atoms with Crippen LogP contribution in [0.4, 0.5) is 4.79 Å². The normalized spacial score (nSPS) is 9.90. The third kappa shape index (κ3) is 6.47. The zero-order valence-corrected chi connectivity index (χ0v) is 12.5. The van der Waals surface area contributed by atoms with Gasteiger partial charge in [0.05, 0.1) is 0 Å². The van der Waals surface area contributed by atoms with Crippen LogP contribution in [0.25, 0.3) is 0 Å². The summed E-state index contributed by atoms with van der Waals surface area (Å²) >= 11 is 4.00. The second-order valence-electron chi connectivity index (χ2n) is 4.40. The van der Waals surface area contributed by atoms with Crippen molar-refractivity contribution in [2.45, 2.75) is 13.0 Å². The number of benzene rings is 1. The molecule has 0 bridgehead atoms. The van der Waals surface area contributed by atoms with Crippen molar-refractivity contribution >= 4 is 24.6 Å². The quantitative estimate of drug-likeness (QED) is 0.663. The van der Waals surface area contributed by atoms with E-state index in [-0.39, 0.29) is 18.4 Å². The number of hydrogen-bond donors (Lipinski definition) is 3. The molecule has 0 radical (unpaired) electrons. The molecule has 0 unspecified atom stereocenters. The minimum Gasteiger partial charge on any atom is -0.355 e. The van der Waals surface area contributed by atoms with Crippen LogP contribution in [0.1, 0.15) is 12.0 Å². The number of carbonyl (C=O) groups excluding carboxylic acids is 2. The second-order valence-corrected chi connectivity index (χ2v) is 4.84. The van der Waals surface area contributed by atoms with Gasteiger partial charge in [-0.1, -0.05) is 30.3 Å². The molecule has 110 valence electrons. The van der Waals surface area contributed by atoms with Crippen molar-refractivity contribution in [3.05, 3.63) is 35.9 Å². The average molecular weight is 295 g/mol. The van der Waals surface area contributed by atoms with E-state index in [1.54, 1.807) is 11.9 Å². The molecular formula is C14H21N3O2S. The highest BCUT2D eigenvalue weighted by Gasteiger charge is 2.09. The number of urea groups is 1. The minimum absolute atomic E-state index is 0.0786. The van der Waals surface area contributed by atoms with Crippen LogP contribution in [-0.2, 0) is 11.3 Å². The van der Waals surface area contributed by atoms with Gasteiger partial charge in [-0.3, -0.25) is 4.79 Å². The van der Waals surface area contributed by atoms with Crippen molar-refractivity contribution in [1.82, 2.24) is 15.5 Å². The van der Waals surface area contributed by atoms with Gasteiger partial charge >= 0.3 is 6.03 Å². The summed E-state index contributed by atoms with van der Waals surface area (Å²) < 4.78 is 0. The summed E-state index contributed by atoms with van der Waals surface area (Å²) in [5.41, 5.74) is 1.07. The summed E-state index contributed by atoms with van der Waals surface area (Å²) in [5.74, 6) is 0.530. The van der Waals surface area contributed by atoms with Crippen molar-refractivity contribution in [3.8, 4) is 0 Å². The highest BCUT2D eigenvalue weighted by Crippen LogP contribution is 2.02. The van der Waals surface area contributed by atoms with Crippen molar-refractivity contribution in [2.75, 3.05) is 25.9 Å². The molecule has 1 aromatic carbocycles. The van der Waals surface area contributed by atoms with Crippen molar-refractivity contribution in [2.24, 2.45) is 0 Å². The smallest absolute Gasteiger partial charge is 0.317 e. The molecule has 20 heavy (non-hydrogen) atoms. The summed E-state index contributed by atoms with van der Waals surface area (Å²) in [5, 5.41) is 5.41. The fourth-order valence-electron chi connectivity index (χ4n) is 1.63. The Balaban J connectivity index is 2.23. The largest absolute Gasteiger partial charge is 0.355 e. The van der Waals surface area contributed by atoms with Gasteiger partial charge in [-0.05, 0) is 5.56 Å². The Kier molecular flexibility index (Phi) is 7.57. The average Bonchev–Trinajstić information content (AvgIpc) is 2.46. The van der Waals surface area contributed by atoms with Crippen molar-refractivity contribution < 1.29 is 9.59 Å². The first-order chi connectivity index (χ1) is 9.63. The third-order valence-corrected chi connectivity index (χ3v) is 2.90. The number of rotatable bonds is 7. The molecular weight excluding hydrogens is 274 g/mol. The van der Waals surface area contributed by atoms with Gasteiger partial charge in [-0.2, -0.15) is 12.6 Å². The van der Waals surface area contributed by atoms with E-state index < -0.39 is 0 Å². The highest BCUT2D eigenvalue weighted by atomic mass is 32.1. The topological polar surface area (TPSA) is 61.4 Å². The summed E-state index contributed by atoms with van der Waals surface area (Å²) in [6.07, 6.45) is 0.276. The van der Waals surface area contributed by atoms with Gasteiger partial charge < -0.3 is 15.5 Å². The lowest BCUT2D eigenvalue weighted by Gasteiger charge is -2.18. The van der Waals surface area contributed by atoms with Gasteiger partial charge in [0.15, 0.2) is 0 Å². The number of carbonyl (C=O) groups is 2. The molecule has 2 N–H and O–H groups in total. The fraction of sp³-hybridized carbons (Fsp3) is 0.429. The fourth-order valence-corrected chi connectivity index (χ4v) is 1.74. The molecule has 0 aliphatic rings. The molecule has 0 aliphatic carbocycles. The number of nitrogens with zero attached hydrogens (tertiary/aromatic N) is 1. The molecule has 0 saturated heterocycles. The number of hydrogen-bond acceptors (Lipinski definition) is 3. The van der Waals surface area contributed by atoms with Crippen molar-refractivity contribution in [1.29, 1.82) is 0 Å². The molecule has 0 saturated carbocycles. The van der Waals surface area contributed by atoms with E-state index >= 15 is 0 Å². The maximum atomic E-state index is 11.8. The van der Waals surface area contributed by atoms with Crippen LogP contribution in [-0.4, -0.2) is 42.7 Å². The van der Waals surface area contributed by atoms with E-state index in [0.29, 0.717) is 25.4 Å². The lowest BCUT2D eigenvalue weighted by Crippen LogP contribution is -2.39. The van der Waals surface area contributed by atoms with E-state index in [2.05, 4.69) is 23.3 Å². The van der Waals surface area contributed by atoms with E-state index in [1.165, 1.54) is 0 Å². The van der Waals surface area contributed by atoms with E-state index in [9.17, 15) is 9.59 Å². The molecule has 0 heterocycles. The molecule has 0 spiro atoms. The SMILES string of the molecule is CN(Cc1ccccc1)C(=O)NCCC(=O)NCCS. The summed E-state index contributed by atoms with van der Waals surface area (Å²) in [6, 6.07) is 9.56. The standard InChI is InChI=1S/C14H21N3O2S/c1-17(11-12-5-3-2-4-6-12)14(19)16-8-7-13(18)15-9-10-20/h2-6,20H,7-11H2,1H3,(H,15,18)(H,16,19). The van der Waals surface area contributed by atoms with E-state index in [4.69, 9.17) is 0 Å². The van der Waals surface area contributed by atoms with Gasteiger partial charge in [0.1, 0.15) is 0 Å². The molecule has 0 atom stereocenters. The van der Waals surface area contributed by atoms with Crippen LogP contribution in [0.3, 0.4) is 0 Å². The molecule has 1 aromatic rings. The first kappa shape index (κ1) is 16.4. The van der Waals surface area contributed by atoms with Crippen molar-refractivity contribution in [3.63, 3.8) is 0 Å². The van der Waals surface area contributed by atoms with E-state index in [0.717, 1.165) is 5.56 Å². The Morgan fingerprint density at radius 1 is 1.15 bits per heavy atom.